The highest BCUT2D eigenvalue weighted by Gasteiger charge is 2.07. The zero-order valence-corrected chi connectivity index (χ0v) is 10.5. The van der Waals surface area contributed by atoms with Crippen LogP contribution < -0.4 is 5.32 Å². The fourth-order valence-corrected chi connectivity index (χ4v) is 1.71. The molecule has 0 spiro atoms. The number of ether oxygens (including phenoxy) is 1. The number of aromatic nitrogens is 4. The molecule has 0 aliphatic rings. The molecule has 7 heteroatoms. The standard InChI is InChI=1S/C10H14ClN5O/c1-7(5-17-2)4-12-9-3-8(11)15-10-13-6-14-16(9)10/h3,6-7,12H,4-5H2,1-2H3. The van der Waals surface area contributed by atoms with Crippen LogP contribution in [-0.4, -0.2) is 39.8 Å². The molecule has 1 N–H and O–H groups in total. The van der Waals surface area contributed by atoms with E-state index in [-0.39, 0.29) is 0 Å². The molecule has 2 aromatic heterocycles. The first-order valence-corrected chi connectivity index (χ1v) is 5.67. The van der Waals surface area contributed by atoms with Crippen LogP contribution >= 0.6 is 11.6 Å². The van der Waals surface area contributed by atoms with Crippen molar-refractivity contribution < 1.29 is 4.74 Å². The summed E-state index contributed by atoms with van der Waals surface area (Å²) in [6.45, 7) is 3.56. The molecule has 1 atom stereocenters. The van der Waals surface area contributed by atoms with Gasteiger partial charge in [-0.2, -0.15) is 19.6 Å². The van der Waals surface area contributed by atoms with E-state index in [9.17, 15) is 0 Å². The molecule has 0 aliphatic heterocycles. The van der Waals surface area contributed by atoms with Crippen molar-refractivity contribution in [1.82, 2.24) is 19.6 Å². The minimum Gasteiger partial charge on any atom is -0.384 e. The molecule has 0 aliphatic carbocycles. The van der Waals surface area contributed by atoms with Gasteiger partial charge in [-0.05, 0) is 5.92 Å². The largest absolute Gasteiger partial charge is 0.384 e. The number of hydrogen-bond acceptors (Lipinski definition) is 5. The van der Waals surface area contributed by atoms with E-state index in [4.69, 9.17) is 16.3 Å². The number of nitrogens with zero attached hydrogens (tertiary/aromatic N) is 4. The second-order valence-corrected chi connectivity index (χ2v) is 4.26. The summed E-state index contributed by atoms with van der Waals surface area (Å²) in [6.07, 6.45) is 1.45. The molecule has 0 bridgehead atoms. The molecule has 6 nitrogen and oxygen atoms in total. The molecule has 2 aromatic rings. The Hall–Kier alpha value is -1.40. The molecule has 92 valence electrons. The quantitative estimate of drug-likeness (QED) is 0.820. The Labute approximate surface area is 104 Å². The predicted octanol–water partition coefficient (Wildman–Crippen LogP) is 1.47. The molecule has 1 unspecified atom stereocenters. The van der Waals surface area contributed by atoms with E-state index < -0.39 is 0 Å². The third kappa shape index (κ3) is 2.83. The molecule has 0 radical (unpaired) electrons. The zero-order chi connectivity index (χ0) is 12.3. The summed E-state index contributed by atoms with van der Waals surface area (Å²) in [7, 11) is 1.69. The summed E-state index contributed by atoms with van der Waals surface area (Å²) >= 11 is 5.90. The molecular formula is C10H14ClN5O. The monoisotopic (exact) mass is 255 g/mol. The number of anilines is 1. The Morgan fingerprint density at radius 3 is 3.18 bits per heavy atom. The summed E-state index contributed by atoms with van der Waals surface area (Å²) in [5, 5.41) is 7.73. The lowest BCUT2D eigenvalue weighted by atomic mass is 10.2. The molecule has 0 amide bonds. The second-order valence-electron chi connectivity index (χ2n) is 3.88. The fraction of sp³-hybridized carbons (Fsp3) is 0.500. The third-order valence-electron chi connectivity index (χ3n) is 2.30. The van der Waals surface area contributed by atoms with E-state index in [0.29, 0.717) is 23.5 Å². The number of fused-ring (bicyclic) bond motifs is 1. The van der Waals surface area contributed by atoms with Crippen molar-refractivity contribution in [3.63, 3.8) is 0 Å². The number of halogens is 1. The molecule has 0 saturated carbocycles. The highest BCUT2D eigenvalue weighted by molar-refractivity contribution is 6.29. The number of methoxy groups -OCH3 is 1. The van der Waals surface area contributed by atoms with Crippen molar-refractivity contribution in [2.45, 2.75) is 6.92 Å². The summed E-state index contributed by atoms with van der Waals surface area (Å²) in [5.74, 6) is 1.66. The Balaban J connectivity index is 2.14. The summed E-state index contributed by atoms with van der Waals surface area (Å²) in [5.41, 5.74) is 0. The Kier molecular flexibility index (Phi) is 3.75. The Morgan fingerprint density at radius 2 is 2.41 bits per heavy atom. The molecule has 2 heterocycles. The SMILES string of the molecule is COCC(C)CNc1cc(Cl)nc2ncnn12. The topological polar surface area (TPSA) is 64.3 Å². The van der Waals surface area contributed by atoms with Crippen LogP contribution in [0.3, 0.4) is 0 Å². The van der Waals surface area contributed by atoms with Gasteiger partial charge in [-0.1, -0.05) is 18.5 Å². The van der Waals surface area contributed by atoms with E-state index in [1.807, 2.05) is 0 Å². The Morgan fingerprint density at radius 1 is 1.59 bits per heavy atom. The van der Waals surface area contributed by atoms with Crippen LogP contribution in [-0.2, 0) is 4.74 Å². The first-order chi connectivity index (χ1) is 8.20. The van der Waals surface area contributed by atoms with Gasteiger partial charge < -0.3 is 10.1 Å². The molecular weight excluding hydrogens is 242 g/mol. The van der Waals surface area contributed by atoms with Crippen LogP contribution in [0, 0.1) is 5.92 Å². The highest BCUT2D eigenvalue weighted by Crippen LogP contribution is 2.14. The van der Waals surface area contributed by atoms with Crippen LogP contribution in [0.4, 0.5) is 5.82 Å². The van der Waals surface area contributed by atoms with Crippen LogP contribution in [0.1, 0.15) is 6.92 Å². The average Bonchev–Trinajstić information content (AvgIpc) is 2.74. The number of nitrogens with one attached hydrogen (secondary N) is 1. The summed E-state index contributed by atoms with van der Waals surface area (Å²) < 4.78 is 6.69. The maximum absolute atomic E-state index is 5.90. The lowest BCUT2D eigenvalue weighted by Gasteiger charge is -2.13. The van der Waals surface area contributed by atoms with Crippen molar-refractivity contribution in [3.8, 4) is 0 Å². The van der Waals surface area contributed by atoms with Crippen LogP contribution in [0.2, 0.25) is 5.15 Å². The van der Waals surface area contributed by atoms with Crippen molar-refractivity contribution in [2.24, 2.45) is 5.92 Å². The van der Waals surface area contributed by atoms with Gasteiger partial charge in [0.25, 0.3) is 5.78 Å². The van der Waals surface area contributed by atoms with Gasteiger partial charge in [0.05, 0.1) is 6.61 Å². The smallest absolute Gasteiger partial charge is 0.255 e. The van der Waals surface area contributed by atoms with Gasteiger partial charge in [0, 0.05) is 19.7 Å². The van der Waals surface area contributed by atoms with Gasteiger partial charge in [-0.3, -0.25) is 0 Å². The number of hydrogen-bond donors (Lipinski definition) is 1. The van der Waals surface area contributed by atoms with E-state index in [2.05, 4.69) is 27.3 Å². The van der Waals surface area contributed by atoms with E-state index in [1.54, 1.807) is 17.7 Å². The summed E-state index contributed by atoms with van der Waals surface area (Å²) in [6, 6.07) is 1.72. The van der Waals surface area contributed by atoms with Gasteiger partial charge >= 0.3 is 0 Å². The first kappa shape index (κ1) is 12.1. The van der Waals surface area contributed by atoms with Crippen molar-refractivity contribution >= 4 is 23.2 Å². The van der Waals surface area contributed by atoms with Gasteiger partial charge in [-0.15, -0.1) is 0 Å². The van der Waals surface area contributed by atoms with Crippen molar-refractivity contribution in [2.75, 3.05) is 25.6 Å². The van der Waals surface area contributed by atoms with Gasteiger partial charge in [0.2, 0.25) is 0 Å². The minimum atomic E-state index is 0.394. The van der Waals surface area contributed by atoms with Crippen LogP contribution in [0.25, 0.3) is 5.78 Å². The molecule has 0 saturated heterocycles. The third-order valence-corrected chi connectivity index (χ3v) is 2.50. The van der Waals surface area contributed by atoms with Crippen LogP contribution in [0.15, 0.2) is 12.4 Å². The van der Waals surface area contributed by atoms with Gasteiger partial charge in [0.15, 0.2) is 0 Å². The van der Waals surface area contributed by atoms with E-state index in [1.165, 1.54) is 6.33 Å². The number of rotatable bonds is 5. The maximum atomic E-state index is 5.90. The minimum absolute atomic E-state index is 0.394. The summed E-state index contributed by atoms with van der Waals surface area (Å²) in [4.78, 5) is 8.05. The van der Waals surface area contributed by atoms with Gasteiger partial charge in [0.1, 0.15) is 17.3 Å². The molecule has 2 rings (SSSR count). The van der Waals surface area contributed by atoms with Gasteiger partial charge in [-0.25, -0.2) is 0 Å². The van der Waals surface area contributed by atoms with Crippen LogP contribution in [0.5, 0.6) is 0 Å². The zero-order valence-electron chi connectivity index (χ0n) is 9.72. The molecule has 0 fully saturated rings. The van der Waals surface area contributed by atoms with Crippen molar-refractivity contribution in [1.29, 1.82) is 0 Å². The van der Waals surface area contributed by atoms with E-state index >= 15 is 0 Å². The van der Waals surface area contributed by atoms with Crippen molar-refractivity contribution in [3.05, 3.63) is 17.5 Å². The molecule has 0 aromatic carbocycles. The Bertz CT molecular complexity index is 500. The fourth-order valence-electron chi connectivity index (χ4n) is 1.53. The lowest BCUT2D eigenvalue weighted by molar-refractivity contribution is 0.164. The maximum Gasteiger partial charge on any atom is 0.255 e. The first-order valence-electron chi connectivity index (χ1n) is 5.30. The average molecular weight is 256 g/mol. The predicted molar refractivity (Wildman–Crippen MR) is 65.3 cm³/mol. The molecule has 17 heavy (non-hydrogen) atoms. The lowest BCUT2D eigenvalue weighted by Crippen LogP contribution is -2.17. The second kappa shape index (κ2) is 5.29. The highest BCUT2D eigenvalue weighted by atomic mass is 35.5. The van der Waals surface area contributed by atoms with E-state index in [0.717, 1.165) is 12.4 Å². The normalized spacial score (nSPS) is 12.9.